The summed E-state index contributed by atoms with van der Waals surface area (Å²) in [5.74, 6) is 0.355. The number of ether oxygens (including phenoxy) is 3. The molecule has 0 saturated carbocycles. The van der Waals surface area contributed by atoms with Crippen LogP contribution in [0.4, 0.5) is 10.2 Å². The molecular formula is C23H24FN10O9PS. The van der Waals surface area contributed by atoms with Gasteiger partial charge in [-0.25, -0.2) is 33.7 Å². The van der Waals surface area contributed by atoms with Gasteiger partial charge < -0.3 is 44.6 Å². The monoisotopic (exact) mass is 666 g/mol. The number of anilines is 1. The van der Waals surface area contributed by atoms with Gasteiger partial charge in [-0.3, -0.25) is 18.5 Å². The lowest BCUT2D eigenvalue weighted by molar-refractivity contribution is -0.183. The Hall–Kier alpha value is -3.50. The smallest absolute Gasteiger partial charge is 0.325 e. The summed E-state index contributed by atoms with van der Waals surface area (Å²) in [6.45, 7) is -5.61. The highest BCUT2D eigenvalue weighted by atomic mass is 32.5. The van der Waals surface area contributed by atoms with Crippen molar-refractivity contribution >= 4 is 52.4 Å². The molecule has 22 heteroatoms. The zero-order valence-corrected chi connectivity index (χ0v) is 24.4. The molecule has 0 aliphatic carbocycles. The molecule has 5 aromatic heterocycles. The third-order valence-corrected chi connectivity index (χ3v) is 9.74. The number of alkyl halides is 1. The fourth-order valence-corrected chi connectivity index (χ4v) is 7.39. The van der Waals surface area contributed by atoms with Gasteiger partial charge in [0.05, 0.1) is 32.5 Å². The Balaban J connectivity index is 1.04. The number of fused-ring (bicyclic) bond motifs is 5. The highest BCUT2D eigenvalue weighted by Gasteiger charge is 2.63. The summed E-state index contributed by atoms with van der Waals surface area (Å²) in [7, 11) is 0. The van der Waals surface area contributed by atoms with Gasteiger partial charge in [-0.2, -0.15) is 0 Å². The van der Waals surface area contributed by atoms with Gasteiger partial charge in [0.15, 0.2) is 35.6 Å². The normalized spacial score (nSPS) is 32.8. The minimum absolute atomic E-state index is 0.00187. The molecule has 3 aliphatic rings. The Kier molecular flexibility index (Phi) is 6.59. The van der Waals surface area contributed by atoms with Crippen molar-refractivity contribution in [3.63, 3.8) is 0 Å². The van der Waals surface area contributed by atoms with Crippen LogP contribution in [-0.2, 0) is 35.1 Å². The molecule has 238 valence electrons. The molecule has 3 saturated heterocycles. The first-order valence-corrected chi connectivity index (χ1v) is 16.1. The number of imidazole rings is 3. The van der Waals surface area contributed by atoms with E-state index in [1.54, 1.807) is 0 Å². The van der Waals surface area contributed by atoms with Crippen molar-refractivity contribution < 1.29 is 42.8 Å². The van der Waals surface area contributed by atoms with Crippen molar-refractivity contribution in [3.05, 3.63) is 41.7 Å². The van der Waals surface area contributed by atoms with Crippen LogP contribution in [0, 0.1) is 0 Å². The number of aliphatic hydroxyl groups is 2. The molecule has 3 fully saturated rings. The van der Waals surface area contributed by atoms with E-state index in [2.05, 4.69) is 29.9 Å². The Morgan fingerprint density at radius 1 is 1.20 bits per heavy atom. The van der Waals surface area contributed by atoms with Crippen molar-refractivity contribution in [3.8, 4) is 0 Å². The van der Waals surface area contributed by atoms with Crippen molar-refractivity contribution in [1.82, 2.24) is 43.4 Å². The SMILES string of the molecule is Nc1ncnc2c1ncn2[C@@H]1O[C@@]2(COP(O)(=S)O[C@@H]3[C@H](F)[C@@H](CO)O[C@H]3n3cnc4c(=O)n5ccnc5[nH]c43)CO[C@@H]1[C@@H]2O. The van der Waals surface area contributed by atoms with Gasteiger partial charge >= 0.3 is 6.72 Å². The van der Waals surface area contributed by atoms with Crippen LogP contribution in [-0.4, -0.2) is 115 Å². The standard InChI is InChI=1S/C23H24FN10O9PS/c24-10-9(3-35)41-20(34-8-30-12-18(34)31-22-26-1-2-32(22)19(12)37)13(10)43-44(38,45)40-5-23-4-39-14(15(23)36)21(42-23)33-7-29-11-16(25)27-6-28-17(11)33/h1-2,6-10,13-15,20-21,35-36H,3-5H2,(H,26,31)(H,38,45)(H2,25,27,28)/t9-,10-,13-,14-,15+,20-,21-,23-,44?/m1/s1. The molecule has 0 radical (unpaired) electrons. The number of nitrogens with one attached hydrogen (secondary N) is 1. The molecule has 0 aromatic carbocycles. The van der Waals surface area contributed by atoms with Crippen LogP contribution in [0.5, 0.6) is 0 Å². The van der Waals surface area contributed by atoms with Crippen molar-refractivity contribution in [1.29, 1.82) is 0 Å². The van der Waals surface area contributed by atoms with Gasteiger partial charge in [0.25, 0.3) is 5.56 Å². The molecular weight excluding hydrogens is 642 g/mol. The highest BCUT2D eigenvalue weighted by molar-refractivity contribution is 8.07. The van der Waals surface area contributed by atoms with E-state index in [1.165, 1.54) is 44.9 Å². The summed E-state index contributed by atoms with van der Waals surface area (Å²) in [5.41, 5.74) is 4.74. The maximum absolute atomic E-state index is 15.6. The second-order valence-electron chi connectivity index (χ2n) is 10.8. The summed E-state index contributed by atoms with van der Waals surface area (Å²) in [6, 6.07) is 0. The van der Waals surface area contributed by atoms with E-state index >= 15 is 4.39 Å². The van der Waals surface area contributed by atoms with Crippen LogP contribution in [0.1, 0.15) is 12.5 Å². The predicted octanol–water partition coefficient (Wildman–Crippen LogP) is -1.33. The second kappa shape index (κ2) is 10.3. The van der Waals surface area contributed by atoms with Gasteiger partial charge in [0.1, 0.15) is 47.5 Å². The van der Waals surface area contributed by atoms with E-state index in [0.717, 1.165) is 0 Å². The summed E-state index contributed by atoms with van der Waals surface area (Å²) in [5, 5.41) is 20.9. The molecule has 9 atom stereocenters. The molecule has 1 unspecified atom stereocenters. The zero-order valence-electron chi connectivity index (χ0n) is 22.7. The van der Waals surface area contributed by atoms with E-state index < -0.39 is 74.1 Å². The highest BCUT2D eigenvalue weighted by Crippen LogP contribution is 2.53. The number of nitrogen functional groups attached to an aromatic ring is 1. The average Bonchev–Trinajstić information content (AvgIpc) is 3.87. The van der Waals surface area contributed by atoms with Crippen molar-refractivity contribution in [2.24, 2.45) is 0 Å². The first kappa shape index (κ1) is 28.9. The first-order valence-electron chi connectivity index (χ1n) is 13.5. The van der Waals surface area contributed by atoms with Gasteiger partial charge in [0.2, 0.25) is 5.78 Å². The molecule has 8 heterocycles. The van der Waals surface area contributed by atoms with E-state index in [4.69, 9.17) is 40.8 Å². The Morgan fingerprint density at radius 3 is 2.82 bits per heavy atom. The maximum atomic E-state index is 15.6. The fourth-order valence-electron chi connectivity index (χ4n) is 5.96. The average molecular weight is 667 g/mol. The van der Waals surface area contributed by atoms with Crippen LogP contribution in [0.3, 0.4) is 0 Å². The van der Waals surface area contributed by atoms with Crippen LogP contribution in [0.2, 0.25) is 0 Å². The summed E-state index contributed by atoms with van der Waals surface area (Å²) < 4.78 is 48.6. The van der Waals surface area contributed by atoms with Crippen molar-refractivity contribution in [2.75, 3.05) is 25.6 Å². The number of aromatic nitrogens is 9. The number of halogens is 1. The summed E-state index contributed by atoms with van der Waals surface area (Å²) >= 11 is 5.25. The van der Waals surface area contributed by atoms with Crippen molar-refractivity contribution in [2.45, 2.75) is 48.6 Å². The second-order valence-corrected chi connectivity index (χ2v) is 13.6. The third-order valence-electron chi connectivity index (χ3n) is 8.20. The molecule has 3 aliphatic heterocycles. The molecule has 8 rings (SSSR count). The van der Waals surface area contributed by atoms with Gasteiger partial charge in [-0.05, 0) is 11.8 Å². The lowest BCUT2D eigenvalue weighted by atomic mass is 10.0. The summed E-state index contributed by atoms with van der Waals surface area (Å²) in [6.07, 6.45) is -2.46. The lowest BCUT2D eigenvalue weighted by Gasteiger charge is -2.32. The van der Waals surface area contributed by atoms with Crippen LogP contribution < -0.4 is 11.3 Å². The Bertz CT molecular complexity index is 2060. The molecule has 5 aromatic rings. The quantitative estimate of drug-likeness (QED) is 0.120. The van der Waals surface area contributed by atoms with Crippen LogP contribution in [0.15, 0.2) is 36.2 Å². The van der Waals surface area contributed by atoms with E-state index in [1.807, 2.05) is 0 Å². The van der Waals surface area contributed by atoms with Gasteiger partial charge in [0, 0.05) is 12.4 Å². The Morgan fingerprint density at radius 2 is 2.00 bits per heavy atom. The largest absolute Gasteiger partial charge is 0.394 e. The zero-order chi connectivity index (χ0) is 31.2. The minimum Gasteiger partial charge on any atom is -0.394 e. The number of hydrogen-bond donors (Lipinski definition) is 5. The number of hydrogen-bond acceptors (Lipinski definition) is 15. The number of nitrogens with zero attached hydrogens (tertiary/aromatic N) is 8. The number of rotatable bonds is 8. The Labute approximate surface area is 254 Å². The number of aliphatic hydroxyl groups excluding tert-OH is 2. The van der Waals surface area contributed by atoms with Gasteiger partial charge in [-0.1, -0.05) is 0 Å². The molecule has 2 bridgehead atoms. The van der Waals surface area contributed by atoms with Gasteiger partial charge in [-0.15, -0.1) is 0 Å². The predicted molar refractivity (Wildman–Crippen MR) is 151 cm³/mol. The summed E-state index contributed by atoms with van der Waals surface area (Å²) in [4.78, 5) is 47.5. The molecule has 45 heavy (non-hydrogen) atoms. The van der Waals surface area contributed by atoms with E-state index in [9.17, 15) is 19.9 Å². The van der Waals surface area contributed by atoms with Crippen LogP contribution >= 0.6 is 6.72 Å². The topological polar surface area (TPSA) is 244 Å². The molecule has 0 spiro atoms. The molecule has 19 nitrogen and oxygen atoms in total. The van der Waals surface area contributed by atoms with E-state index in [0.29, 0.717) is 11.2 Å². The lowest BCUT2D eigenvalue weighted by Crippen LogP contribution is -2.45. The number of H-pyrrole nitrogens is 1. The van der Waals surface area contributed by atoms with Crippen LogP contribution in [0.25, 0.3) is 28.1 Å². The number of aromatic amines is 1. The van der Waals surface area contributed by atoms with E-state index in [-0.39, 0.29) is 29.4 Å². The molecule has 0 amide bonds. The maximum Gasteiger partial charge on any atom is 0.325 e. The molecule has 6 N–H and O–H groups in total. The fraction of sp³-hybridized carbons (Fsp3) is 0.478. The number of nitrogens with two attached hydrogens (primary N) is 1. The third kappa shape index (κ3) is 4.35. The minimum atomic E-state index is -4.29. The first-order chi connectivity index (χ1) is 21.6.